The molecule has 0 heterocycles. The lowest BCUT2D eigenvalue weighted by molar-refractivity contribution is 0.599. The minimum Gasteiger partial charge on any atom is -0.320 e. The van der Waals surface area contributed by atoms with Crippen molar-refractivity contribution in [3.8, 4) is 0 Å². The maximum Gasteiger partial charge on any atom is 0.129 e. The second-order valence-corrected chi connectivity index (χ2v) is 4.44. The van der Waals surface area contributed by atoms with Crippen LogP contribution in [0.2, 0.25) is 5.02 Å². The Morgan fingerprint density at radius 3 is 2.47 bits per heavy atom. The lowest BCUT2D eigenvalue weighted by Gasteiger charge is -2.15. The zero-order valence-electron chi connectivity index (χ0n) is 9.45. The van der Waals surface area contributed by atoms with E-state index in [0.717, 1.165) is 11.1 Å². The van der Waals surface area contributed by atoms with E-state index in [9.17, 15) is 4.39 Å². The molecule has 88 valence electrons. The molecule has 2 rings (SSSR count). The topological polar surface area (TPSA) is 26.0 Å². The van der Waals surface area contributed by atoms with E-state index in [1.165, 1.54) is 6.07 Å². The summed E-state index contributed by atoms with van der Waals surface area (Å²) in [5, 5.41) is 0.378. The van der Waals surface area contributed by atoms with E-state index in [1.807, 2.05) is 31.2 Å². The van der Waals surface area contributed by atoms with E-state index < -0.39 is 6.04 Å². The quantitative estimate of drug-likeness (QED) is 0.860. The standard InChI is InChI=1S/C14H13ClFN/c1-9-4-2-3-5-11(9)14(17)12-7-6-10(15)8-13(12)16/h2-8,14H,17H2,1H3. The third kappa shape index (κ3) is 2.48. The predicted octanol–water partition coefficient (Wildman–Crippen LogP) is 3.84. The summed E-state index contributed by atoms with van der Waals surface area (Å²) in [5.74, 6) is -0.367. The molecule has 17 heavy (non-hydrogen) atoms. The van der Waals surface area contributed by atoms with E-state index >= 15 is 0 Å². The normalized spacial score (nSPS) is 12.5. The Balaban J connectivity index is 2.44. The smallest absolute Gasteiger partial charge is 0.129 e. The zero-order chi connectivity index (χ0) is 12.4. The molecule has 0 aliphatic carbocycles. The van der Waals surface area contributed by atoms with Crippen molar-refractivity contribution < 1.29 is 4.39 Å². The molecule has 1 atom stereocenters. The van der Waals surface area contributed by atoms with Crippen molar-refractivity contribution in [1.82, 2.24) is 0 Å². The van der Waals surface area contributed by atoms with Gasteiger partial charge in [0.2, 0.25) is 0 Å². The first-order valence-electron chi connectivity index (χ1n) is 5.35. The molecule has 2 N–H and O–H groups in total. The van der Waals surface area contributed by atoms with Gasteiger partial charge in [0.15, 0.2) is 0 Å². The van der Waals surface area contributed by atoms with Gasteiger partial charge in [-0.05, 0) is 30.2 Å². The highest BCUT2D eigenvalue weighted by molar-refractivity contribution is 6.30. The van der Waals surface area contributed by atoms with Crippen LogP contribution in [0.1, 0.15) is 22.7 Å². The molecule has 0 amide bonds. The highest BCUT2D eigenvalue weighted by Gasteiger charge is 2.15. The number of hydrogen-bond acceptors (Lipinski definition) is 1. The van der Waals surface area contributed by atoms with Crippen molar-refractivity contribution in [3.63, 3.8) is 0 Å². The zero-order valence-corrected chi connectivity index (χ0v) is 10.2. The summed E-state index contributed by atoms with van der Waals surface area (Å²) in [6, 6.07) is 11.8. The predicted molar refractivity (Wildman–Crippen MR) is 68.6 cm³/mol. The van der Waals surface area contributed by atoms with Gasteiger partial charge >= 0.3 is 0 Å². The van der Waals surface area contributed by atoms with E-state index in [2.05, 4.69) is 0 Å². The Hall–Kier alpha value is -1.38. The maximum atomic E-state index is 13.8. The highest BCUT2D eigenvalue weighted by atomic mass is 35.5. The van der Waals surface area contributed by atoms with Crippen LogP contribution in [0, 0.1) is 12.7 Å². The van der Waals surface area contributed by atoms with Crippen LogP contribution in [-0.4, -0.2) is 0 Å². The SMILES string of the molecule is Cc1ccccc1C(N)c1ccc(Cl)cc1F. The Bertz CT molecular complexity index is 539. The largest absolute Gasteiger partial charge is 0.320 e. The monoisotopic (exact) mass is 249 g/mol. The molecular formula is C14H13ClFN. The van der Waals surface area contributed by atoms with Crippen LogP contribution in [0.4, 0.5) is 4.39 Å². The minimum absolute atomic E-state index is 0.367. The first-order valence-corrected chi connectivity index (χ1v) is 5.73. The molecule has 0 fully saturated rings. The minimum atomic E-state index is -0.464. The summed E-state index contributed by atoms with van der Waals surface area (Å²) >= 11 is 5.72. The van der Waals surface area contributed by atoms with Gasteiger partial charge < -0.3 is 5.73 Å². The fourth-order valence-corrected chi connectivity index (χ4v) is 2.02. The lowest BCUT2D eigenvalue weighted by Crippen LogP contribution is -2.14. The fourth-order valence-electron chi connectivity index (χ4n) is 1.86. The Morgan fingerprint density at radius 1 is 1.12 bits per heavy atom. The second-order valence-electron chi connectivity index (χ2n) is 4.00. The van der Waals surface area contributed by atoms with Crippen molar-refractivity contribution in [1.29, 1.82) is 0 Å². The van der Waals surface area contributed by atoms with E-state index in [4.69, 9.17) is 17.3 Å². The van der Waals surface area contributed by atoms with Crippen LogP contribution in [0.25, 0.3) is 0 Å². The van der Waals surface area contributed by atoms with Gasteiger partial charge in [-0.25, -0.2) is 4.39 Å². The van der Waals surface area contributed by atoms with Gasteiger partial charge in [-0.15, -0.1) is 0 Å². The van der Waals surface area contributed by atoms with Crippen molar-refractivity contribution in [2.75, 3.05) is 0 Å². The molecule has 2 aromatic rings. The van der Waals surface area contributed by atoms with Crippen LogP contribution in [0.3, 0.4) is 0 Å². The number of nitrogens with two attached hydrogens (primary N) is 1. The molecule has 0 aliphatic rings. The molecule has 0 aliphatic heterocycles. The molecule has 0 saturated carbocycles. The van der Waals surface area contributed by atoms with Gasteiger partial charge in [0.05, 0.1) is 6.04 Å². The van der Waals surface area contributed by atoms with Gasteiger partial charge in [0.1, 0.15) is 5.82 Å². The molecule has 0 saturated heterocycles. The molecule has 1 nitrogen and oxygen atoms in total. The molecule has 3 heteroatoms. The fraction of sp³-hybridized carbons (Fsp3) is 0.143. The van der Waals surface area contributed by atoms with Crippen molar-refractivity contribution in [3.05, 3.63) is 70.0 Å². The van der Waals surface area contributed by atoms with Crippen molar-refractivity contribution in [2.24, 2.45) is 5.73 Å². The van der Waals surface area contributed by atoms with Crippen LogP contribution >= 0.6 is 11.6 Å². The Morgan fingerprint density at radius 2 is 1.82 bits per heavy atom. The second kappa shape index (κ2) is 4.86. The Kier molecular flexibility index (Phi) is 3.46. The third-order valence-corrected chi connectivity index (χ3v) is 3.06. The van der Waals surface area contributed by atoms with Gasteiger partial charge in [-0.1, -0.05) is 41.9 Å². The van der Waals surface area contributed by atoms with Crippen molar-refractivity contribution >= 4 is 11.6 Å². The summed E-state index contributed by atoms with van der Waals surface area (Å²) in [6.07, 6.45) is 0. The first kappa shape index (κ1) is 12.1. The number of aryl methyl sites for hydroxylation is 1. The Labute approximate surface area is 105 Å². The molecule has 1 unspecified atom stereocenters. The molecule has 0 aromatic heterocycles. The van der Waals surface area contributed by atoms with E-state index in [-0.39, 0.29) is 5.82 Å². The van der Waals surface area contributed by atoms with Gasteiger partial charge in [0.25, 0.3) is 0 Å². The summed E-state index contributed by atoms with van der Waals surface area (Å²) in [4.78, 5) is 0. The molecule has 0 spiro atoms. The molecule has 2 aromatic carbocycles. The van der Waals surface area contributed by atoms with Crippen molar-refractivity contribution in [2.45, 2.75) is 13.0 Å². The van der Waals surface area contributed by atoms with Crippen LogP contribution < -0.4 is 5.73 Å². The molecular weight excluding hydrogens is 237 g/mol. The average Bonchev–Trinajstić information content (AvgIpc) is 2.29. The van der Waals surface area contributed by atoms with Gasteiger partial charge in [0, 0.05) is 10.6 Å². The molecule has 0 radical (unpaired) electrons. The average molecular weight is 250 g/mol. The van der Waals surface area contributed by atoms with Gasteiger partial charge in [-0.3, -0.25) is 0 Å². The molecule has 0 bridgehead atoms. The number of rotatable bonds is 2. The first-order chi connectivity index (χ1) is 8.09. The summed E-state index contributed by atoms with van der Waals surface area (Å²) < 4.78 is 13.8. The van der Waals surface area contributed by atoms with E-state index in [0.29, 0.717) is 10.6 Å². The third-order valence-electron chi connectivity index (χ3n) is 2.82. The van der Waals surface area contributed by atoms with Crippen LogP contribution in [-0.2, 0) is 0 Å². The number of halogens is 2. The van der Waals surface area contributed by atoms with E-state index in [1.54, 1.807) is 12.1 Å². The highest BCUT2D eigenvalue weighted by Crippen LogP contribution is 2.26. The summed E-state index contributed by atoms with van der Waals surface area (Å²) in [6.45, 7) is 1.96. The number of benzene rings is 2. The van der Waals surface area contributed by atoms with Crippen LogP contribution in [0.5, 0.6) is 0 Å². The lowest BCUT2D eigenvalue weighted by atomic mass is 9.95. The summed E-state index contributed by atoms with van der Waals surface area (Å²) in [7, 11) is 0. The maximum absolute atomic E-state index is 13.8. The summed E-state index contributed by atoms with van der Waals surface area (Å²) in [5.41, 5.74) is 8.52. The number of hydrogen-bond donors (Lipinski definition) is 1. The van der Waals surface area contributed by atoms with Gasteiger partial charge in [-0.2, -0.15) is 0 Å². The van der Waals surface area contributed by atoms with Crippen LogP contribution in [0.15, 0.2) is 42.5 Å².